The SMILES string of the molecule is CC(C)c1nn(CC(=O)Nc2ccc3nncn3c2)c(=O)c(Cl)c1OCC(C)(F)F. The zero-order chi connectivity index (χ0) is 22.1. The van der Waals surface area contributed by atoms with Crippen molar-refractivity contribution in [1.82, 2.24) is 24.4 Å². The van der Waals surface area contributed by atoms with E-state index in [1.807, 2.05) is 0 Å². The molecule has 0 radical (unpaired) electrons. The second-order valence-electron chi connectivity index (χ2n) is 7.07. The summed E-state index contributed by atoms with van der Waals surface area (Å²) in [5, 5.41) is 14.0. The Kier molecular flexibility index (Phi) is 6.01. The van der Waals surface area contributed by atoms with Crippen molar-refractivity contribution in [2.45, 2.75) is 39.2 Å². The predicted octanol–water partition coefficient (Wildman–Crippen LogP) is 2.74. The van der Waals surface area contributed by atoms with E-state index in [1.165, 1.54) is 6.33 Å². The van der Waals surface area contributed by atoms with Crippen LogP contribution >= 0.6 is 11.6 Å². The van der Waals surface area contributed by atoms with Crippen molar-refractivity contribution in [2.75, 3.05) is 11.9 Å². The van der Waals surface area contributed by atoms with Crippen LogP contribution in [0.5, 0.6) is 5.75 Å². The first-order chi connectivity index (χ1) is 14.0. The molecule has 0 aliphatic heterocycles. The Hall–Kier alpha value is -3.08. The summed E-state index contributed by atoms with van der Waals surface area (Å²) >= 11 is 6.08. The average molecular weight is 441 g/mol. The summed E-state index contributed by atoms with van der Waals surface area (Å²) in [4.78, 5) is 24.9. The number of fused-ring (bicyclic) bond motifs is 1. The summed E-state index contributed by atoms with van der Waals surface area (Å²) in [7, 11) is 0. The highest BCUT2D eigenvalue weighted by Gasteiger charge is 2.26. The molecular weight excluding hydrogens is 422 g/mol. The standard InChI is InChI=1S/C18H19ClF2N6O3/c1-10(2)15-16(30-8-18(3,20)21)14(19)17(29)27(25-15)7-13(28)23-11-4-5-12-24-22-9-26(12)6-11/h4-6,9-10H,7-8H2,1-3H3,(H,23,28). The molecule has 0 atom stereocenters. The number of nitrogens with zero attached hydrogens (tertiary/aromatic N) is 5. The second-order valence-corrected chi connectivity index (χ2v) is 7.45. The number of ether oxygens (including phenoxy) is 1. The van der Waals surface area contributed by atoms with Crippen LogP contribution in [0.4, 0.5) is 14.5 Å². The van der Waals surface area contributed by atoms with Crippen LogP contribution in [0.25, 0.3) is 5.65 Å². The van der Waals surface area contributed by atoms with Gasteiger partial charge in [0, 0.05) is 19.0 Å². The lowest BCUT2D eigenvalue weighted by Gasteiger charge is -2.18. The number of alkyl halides is 2. The van der Waals surface area contributed by atoms with Crippen LogP contribution in [0.1, 0.15) is 32.4 Å². The maximum absolute atomic E-state index is 13.2. The van der Waals surface area contributed by atoms with Crippen LogP contribution in [-0.4, -0.2) is 42.8 Å². The van der Waals surface area contributed by atoms with E-state index >= 15 is 0 Å². The van der Waals surface area contributed by atoms with Gasteiger partial charge in [-0.2, -0.15) is 5.10 Å². The van der Waals surface area contributed by atoms with Gasteiger partial charge in [0.2, 0.25) is 5.91 Å². The van der Waals surface area contributed by atoms with E-state index in [9.17, 15) is 18.4 Å². The molecule has 0 unspecified atom stereocenters. The number of anilines is 1. The first kappa shape index (κ1) is 21.6. The largest absolute Gasteiger partial charge is 0.484 e. The fraction of sp³-hybridized carbons (Fsp3) is 0.389. The van der Waals surface area contributed by atoms with Gasteiger partial charge in [-0.05, 0) is 12.1 Å². The van der Waals surface area contributed by atoms with E-state index in [4.69, 9.17) is 16.3 Å². The summed E-state index contributed by atoms with van der Waals surface area (Å²) in [5.41, 5.74) is 0.440. The molecule has 0 spiro atoms. The van der Waals surface area contributed by atoms with Gasteiger partial charge in [-0.1, -0.05) is 25.4 Å². The van der Waals surface area contributed by atoms with E-state index in [0.717, 1.165) is 4.68 Å². The first-order valence-electron chi connectivity index (χ1n) is 8.95. The van der Waals surface area contributed by atoms with Crippen molar-refractivity contribution in [3.05, 3.63) is 45.7 Å². The minimum atomic E-state index is -3.11. The lowest BCUT2D eigenvalue weighted by Crippen LogP contribution is -2.32. The molecule has 3 aromatic heterocycles. The molecule has 9 nitrogen and oxygen atoms in total. The molecule has 0 saturated heterocycles. The summed E-state index contributed by atoms with van der Waals surface area (Å²) in [5.74, 6) is -4.14. The summed E-state index contributed by atoms with van der Waals surface area (Å²) in [6.07, 6.45) is 3.09. The Morgan fingerprint density at radius 3 is 2.77 bits per heavy atom. The lowest BCUT2D eigenvalue weighted by atomic mass is 10.1. The van der Waals surface area contributed by atoms with E-state index in [1.54, 1.807) is 36.6 Å². The van der Waals surface area contributed by atoms with Crippen LogP contribution < -0.4 is 15.6 Å². The monoisotopic (exact) mass is 440 g/mol. The number of carbonyl (C=O) groups is 1. The molecule has 1 amide bonds. The second kappa shape index (κ2) is 8.34. The Labute approximate surface area is 174 Å². The molecule has 12 heteroatoms. The highest BCUT2D eigenvalue weighted by Crippen LogP contribution is 2.30. The molecule has 0 saturated carbocycles. The van der Waals surface area contributed by atoms with Crippen LogP contribution in [0, 0.1) is 0 Å². The average Bonchev–Trinajstić information content (AvgIpc) is 3.11. The zero-order valence-electron chi connectivity index (χ0n) is 16.4. The van der Waals surface area contributed by atoms with Gasteiger partial charge < -0.3 is 10.1 Å². The molecule has 3 aromatic rings. The topological polar surface area (TPSA) is 103 Å². The van der Waals surface area contributed by atoms with Crippen molar-refractivity contribution in [2.24, 2.45) is 0 Å². The smallest absolute Gasteiger partial charge is 0.289 e. The molecule has 0 aromatic carbocycles. The van der Waals surface area contributed by atoms with E-state index in [0.29, 0.717) is 18.3 Å². The van der Waals surface area contributed by atoms with Crippen LogP contribution in [-0.2, 0) is 11.3 Å². The quantitative estimate of drug-likeness (QED) is 0.606. The van der Waals surface area contributed by atoms with Gasteiger partial charge >= 0.3 is 0 Å². The van der Waals surface area contributed by atoms with Gasteiger partial charge in [0.15, 0.2) is 23.0 Å². The molecule has 0 bridgehead atoms. The normalized spacial score (nSPS) is 11.8. The fourth-order valence-corrected chi connectivity index (χ4v) is 2.85. The van der Waals surface area contributed by atoms with E-state index in [2.05, 4.69) is 20.6 Å². The molecular formula is C18H19ClF2N6O3. The van der Waals surface area contributed by atoms with Gasteiger partial charge in [0.25, 0.3) is 11.5 Å². The number of pyridine rings is 1. The maximum Gasteiger partial charge on any atom is 0.289 e. The summed E-state index contributed by atoms with van der Waals surface area (Å²) in [6, 6.07) is 3.29. The summed E-state index contributed by atoms with van der Waals surface area (Å²) < 4.78 is 33.9. The number of hydrogen-bond acceptors (Lipinski definition) is 6. The van der Waals surface area contributed by atoms with Crippen LogP contribution in [0.15, 0.2) is 29.5 Å². The van der Waals surface area contributed by atoms with Crippen LogP contribution in [0.2, 0.25) is 5.02 Å². The molecule has 0 fully saturated rings. The number of aromatic nitrogens is 5. The first-order valence-corrected chi connectivity index (χ1v) is 9.33. The maximum atomic E-state index is 13.2. The number of amides is 1. The fourth-order valence-electron chi connectivity index (χ4n) is 2.60. The molecule has 0 aliphatic rings. The highest BCUT2D eigenvalue weighted by atomic mass is 35.5. The van der Waals surface area contributed by atoms with Gasteiger partial charge in [-0.25, -0.2) is 13.5 Å². The third kappa shape index (κ3) is 4.90. The Morgan fingerprint density at radius 1 is 1.37 bits per heavy atom. The van der Waals surface area contributed by atoms with E-state index in [-0.39, 0.29) is 17.4 Å². The summed E-state index contributed by atoms with van der Waals surface area (Å²) in [6.45, 7) is 2.77. The molecule has 160 valence electrons. The van der Waals surface area contributed by atoms with Gasteiger partial charge in [-0.15, -0.1) is 10.2 Å². The third-order valence-electron chi connectivity index (χ3n) is 3.97. The van der Waals surface area contributed by atoms with Gasteiger partial charge in [-0.3, -0.25) is 14.0 Å². The molecule has 30 heavy (non-hydrogen) atoms. The predicted molar refractivity (Wildman–Crippen MR) is 105 cm³/mol. The number of hydrogen-bond donors (Lipinski definition) is 1. The van der Waals surface area contributed by atoms with E-state index < -0.39 is 35.6 Å². The number of rotatable bonds is 7. The Bertz CT molecular complexity index is 1140. The van der Waals surface area contributed by atoms with Crippen molar-refractivity contribution >= 4 is 28.8 Å². The number of halogens is 3. The highest BCUT2D eigenvalue weighted by molar-refractivity contribution is 6.31. The third-order valence-corrected chi connectivity index (χ3v) is 4.30. The minimum absolute atomic E-state index is 0.197. The molecule has 3 heterocycles. The van der Waals surface area contributed by atoms with Crippen LogP contribution in [0.3, 0.4) is 0 Å². The lowest BCUT2D eigenvalue weighted by molar-refractivity contribution is -0.117. The number of nitrogens with one attached hydrogen (secondary N) is 1. The Morgan fingerprint density at radius 2 is 2.10 bits per heavy atom. The molecule has 0 aliphatic carbocycles. The minimum Gasteiger partial charge on any atom is -0.484 e. The molecule has 3 rings (SSSR count). The van der Waals surface area contributed by atoms with Crippen molar-refractivity contribution < 1.29 is 18.3 Å². The van der Waals surface area contributed by atoms with Gasteiger partial charge in [0.05, 0.1) is 5.69 Å². The Balaban J connectivity index is 1.84. The van der Waals surface area contributed by atoms with Crippen molar-refractivity contribution in [1.29, 1.82) is 0 Å². The molecule has 1 N–H and O–H groups in total. The van der Waals surface area contributed by atoms with Crippen molar-refractivity contribution in [3.8, 4) is 5.75 Å². The van der Waals surface area contributed by atoms with Crippen molar-refractivity contribution in [3.63, 3.8) is 0 Å². The van der Waals surface area contributed by atoms with Gasteiger partial charge in [0.1, 0.15) is 18.6 Å². The number of carbonyl (C=O) groups excluding carboxylic acids is 1. The zero-order valence-corrected chi connectivity index (χ0v) is 17.2.